The Labute approximate surface area is 206 Å². The number of ether oxygens (including phenoxy) is 2. The maximum Gasteiger partial charge on any atom is 0.349 e. The number of hydrogen-bond donors (Lipinski definition) is 3. The first-order chi connectivity index (χ1) is 17.2. The normalized spacial score (nSPS) is 10.6. The van der Waals surface area contributed by atoms with Gasteiger partial charge in [-0.25, -0.2) is 18.8 Å². The number of carbonyl (C=O) groups excluding carboxylic acids is 3. The molecule has 3 N–H and O–H groups in total. The van der Waals surface area contributed by atoms with Crippen LogP contribution in [0.25, 0.3) is 10.9 Å². The van der Waals surface area contributed by atoms with Gasteiger partial charge < -0.3 is 25.2 Å². The predicted octanol–water partition coefficient (Wildman–Crippen LogP) is 4.67. The van der Waals surface area contributed by atoms with E-state index in [0.717, 1.165) is 36.0 Å². The van der Waals surface area contributed by atoms with Crippen molar-refractivity contribution in [1.82, 2.24) is 4.57 Å². The third kappa shape index (κ3) is 4.49. The Bertz CT molecular complexity index is 1530. The molecule has 0 aliphatic heterocycles. The zero-order valence-corrected chi connectivity index (χ0v) is 19.6. The highest BCUT2D eigenvalue weighted by atomic mass is 32.1. The van der Waals surface area contributed by atoms with Gasteiger partial charge in [0.1, 0.15) is 16.2 Å². The first kappa shape index (κ1) is 24.4. The summed E-state index contributed by atoms with van der Waals surface area (Å²) >= 11 is 0.763. The molecule has 2 aromatic carbocycles. The van der Waals surface area contributed by atoms with Crippen LogP contribution in [0.4, 0.5) is 20.6 Å². The summed E-state index contributed by atoms with van der Waals surface area (Å²) in [4.78, 5) is 49.1. The number of methoxy groups -OCH3 is 2. The number of thiophene rings is 1. The van der Waals surface area contributed by atoms with Gasteiger partial charge in [0.2, 0.25) is 0 Å². The van der Waals surface area contributed by atoms with E-state index in [9.17, 15) is 28.7 Å². The lowest BCUT2D eigenvalue weighted by molar-refractivity contribution is 0.0589. The lowest BCUT2D eigenvalue weighted by Gasteiger charge is -2.14. The Hall–Kier alpha value is -4.71. The number of aromatic carboxylic acids is 1. The number of amides is 2. The molecular weight excluding hydrogens is 493 g/mol. The number of urea groups is 1. The Kier molecular flexibility index (Phi) is 6.70. The van der Waals surface area contributed by atoms with E-state index >= 15 is 0 Å². The molecule has 0 aliphatic rings. The van der Waals surface area contributed by atoms with Crippen LogP contribution >= 0.6 is 11.3 Å². The van der Waals surface area contributed by atoms with Crippen molar-refractivity contribution in [1.29, 1.82) is 0 Å². The average Bonchev–Trinajstić information content (AvgIpc) is 3.48. The minimum atomic E-state index is -1.46. The molecule has 4 rings (SSSR count). The summed E-state index contributed by atoms with van der Waals surface area (Å²) < 4.78 is 25.9. The second kappa shape index (κ2) is 9.88. The fourth-order valence-electron chi connectivity index (χ4n) is 3.56. The van der Waals surface area contributed by atoms with Crippen LogP contribution in [0.5, 0.6) is 5.75 Å². The van der Waals surface area contributed by atoms with Gasteiger partial charge >= 0.3 is 18.0 Å². The number of anilines is 2. The topological polar surface area (TPSA) is 136 Å². The molecule has 2 amide bonds. The summed E-state index contributed by atoms with van der Waals surface area (Å²) in [6, 6.07) is 10.0. The molecule has 36 heavy (non-hydrogen) atoms. The summed E-state index contributed by atoms with van der Waals surface area (Å²) in [6.45, 7) is 0. The molecule has 0 spiro atoms. The van der Waals surface area contributed by atoms with Crippen LogP contribution in [0.1, 0.15) is 30.4 Å². The van der Waals surface area contributed by atoms with Crippen LogP contribution in [0.2, 0.25) is 0 Å². The standard InChI is InChI=1S/C24H18FN3O7S/c1-34-18-10-14(25)15(9-13(18)21(29)28-8-7-12-5-3-4-6-17(12)28)26-24(33)27-16-11-36-20(23(32)35-2)19(16)22(30)31/h3-11H,1-2H3,(H,30,31)(H2,26,27,33). The van der Waals surface area contributed by atoms with Crippen molar-refractivity contribution in [3.63, 3.8) is 0 Å². The fourth-order valence-corrected chi connectivity index (χ4v) is 4.46. The number of carboxylic acids is 1. The smallest absolute Gasteiger partial charge is 0.349 e. The van der Waals surface area contributed by atoms with Crippen molar-refractivity contribution >= 4 is 57.5 Å². The maximum absolute atomic E-state index is 14.7. The highest BCUT2D eigenvalue weighted by Crippen LogP contribution is 2.30. The predicted molar refractivity (Wildman–Crippen MR) is 130 cm³/mol. The van der Waals surface area contributed by atoms with E-state index in [4.69, 9.17) is 4.74 Å². The summed E-state index contributed by atoms with van der Waals surface area (Å²) in [5, 5.41) is 16.1. The number of hydrogen-bond acceptors (Lipinski definition) is 7. The summed E-state index contributed by atoms with van der Waals surface area (Å²) in [6.07, 6.45) is 1.57. The van der Waals surface area contributed by atoms with Crippen molar-refractivity contribution < 1.29 is 38.1 Å². The zero-order valence-electron chi connectivity index (χ0n) is 18.8. The van der Waals surface area contributed by atoms with E-state index < -0.39 is 35.3 Å². The van der Waals surface area contributed by atoms with Crippen LogP contribution in [0.3, 0.4) is 0 Å². The van der Waals surface area contributed by atoms with E-state index in [1.165, 1.54) is 17.1 Å². The molecule has 4 aromatic rings. The number of esters is 1. The molecule has 12 heteroatoms. The number of carboxylic acid groups (broad SMARTS) is 1. The number of halogens is 1. The SMILES string of the molecule is COC(=O)c1scc(NC(=O)Nc2cc(C(=O)n3ccc4ccccc43)c(OC)cc2F)c1C(=O)O. The number of nitrogens with zero attached hydrogens (tertiary/aromatic N) is 1. The minimum Gasteiger partial charge on any atom is -0.496 e. The van der Waals surface area contributed by atoms with Crippen molar-refractivity contribution in [3.05, 3.63) is 75.9 Å². The number of para-hydroxylation sites is 1. The van der Waals surface area contributed by atoms with Gasteiger partial charge in [-0.15, -0.1) is 11.3 Å². The Morgan fingerprint density at radius 1 is 1.03 bits per heavy atom. The molecule has 184 valence electrons. The van der Waals surface area contributed by atoms with Crippen molar-refractivity contribution in [2.24, 2.45) is 0 Å². The van der Waals surface area contributed by atoms with Gasteiger partial charge in [-0.1, -0.05) is 18.2 Å². The number of rotatable bonds is 6. The molecule has 0 aliphatic carbocycles. The molecule has 0 atom stereocenters. The van der Waals surface area contributed by atoms with Gasteiger partial charge in [0.15, 0.2) is 5.82 Å². The van der Waals surface area contributed by atoms with Crippen molar-refractivity contribution in [3.8, 4) is 5.75 Å². The average molecular weight is 511 g/mol. The van der Waals surface area contributed by atoms with Crippen LogP contribution in [-0.2, 0) is 4.74 Å². The second-order valence-corrected chi connectivity index (χ2v) is 8.19. The van der Waals surface area contributed by atoms with E-state index in [1.807, 2.05) is 12.1 Å². The van der Waals surface area contributed by atoms with Crippen LogP contribution in [-0.4, -0.2) is 47.8 Å². The monoisotopic (exact) mass is 511 g/mol. The number of nitrogens with one attached hydrogen (secondary N) is 2. The molecule has 0 fully saturated rings. The number of carbonyl (C=O) groups is 4. The molecule has 0 unspecified atom stereocenters. The number of fused-ring (bicyclic) bond motifs is 1. The highest BCUT2D eigenvalue weighted by Gasteiger charge is 2.26. The van der Waals surface area contributed by atoms with Crippen LogP contribution in [0.15, 0.2) is 54.0 Å². The van der Waals surface area contributed by atoms with Crippen LogP contribution in [0, 0.1) is 5.82 Å². The largest absolute Gasteiger partial charge is 0.496 e. The third-order valence-corrected chi connectivity index (χ3v) is 6.17. The van der Waals surface area contributed by atoms with Gasteiger partial charge in [0.25, 0.3) is 5.91 Å². The molecule has 0 saturated heterocycles. The van der Waals surface area contributed by atoms with Gasteiger partial charge in [-0.2, -0.15) is 0 Å². The van der Waals surface area contributed by atoms with Gasteiger partial charge in [-0.05, 0) is 18.2 Å². The van der Waals surface area contributed by atoms with Crippen molar-refractivity contribution in [2.45, 2.75) is 0 Å². The Morgan fingerprint density at radius 2 is 1.75 bits per heavy atom. The third-order valence-electron chi connectivity index (χ3n) is 5.21. The molecular formula is C24H18FN3O7S. The van der Waals surface area contributed by atoms with Crippen molar-refractivity contribution in [2.75, 3.05) is 24.9 Å². The Balaban J connectivity index is 1.64. The molecule has 0 radical (unpaired) electrons. The first-order valence-corrected chi connectivity index (χ1v) is 11.1. The van der Waals surface area contributed by atoms with E-state index in [1.54, 1.807) is 24.4 Å². The Morgan fingerprint density at radius 3 is 2.44 bits per heavy atom. The minimum absolute atomic E-state index is 0.0229. The summed E-state index contributed by atoms with van der Waals surface area (Å²) in [7, 11) is 2.37. The fraction of sp³-hybridized carbons (Fsp3) is 0.0833. The van der Waals surface area contributed by atoms with Gasteiger partial charge in [-0.3, -0.25) is 9.36 Å². The molecule has 2 heterocycles. The van der Waals surface area contributed by atoms with Crippen LogP contribution < -0.4 is 15.4 Å². The first-order valence-electron chi connectivity index (χ1n) is 10.2. The quantitative estimate of drug-likeness (QED) is 0.320. The lowest BCUT2D eigenvalue weighted by atomic mass is 10.1. The molecule has 2 aromatic heterocycles. The summed E-state index contributed by atoms with van der Waals surface area (Å²) in [5.41, 5.74) is -0.401. The van der Waals surface area contributed by atoms with E-state index in [-0.39, 0.29) is 27.6 Å². The van der Waals surface area contributed by atoms with E-state index in [0.29, 0.717) is 5.52 Å². The lowest BCUT2D eigenvalue weighted by Crippen LogP contribution is -2.22. The second-order valence-electron chi connectivity index (χ2n) is 7.31. The molecule has 0 saturated carbocycles. The maximum atomic E-state index is 14.7. The highest BCUT2D eigenvalue weighted by molar-refractivity contribution is 7.13. The number of benzene rings is 2. The van der Waals surface area contributed by atoms with E-state index in [2.05, 4.69) is 15.4 Å². The zero-order chi connectivity index (χ0) is 26.0. The van der Waals surface area contributed by atoms with Gasteiger partial charge in [0.05, 0.1) is 36.7 Å². The molecule has 0 bridgehead atoms. The summed E-state index contributed by atoms with van der Waals surface area (Å²) in [5.74, 6) is -3.81. The molecule has 10 nitrogen and oxygen atoms in total. The number of aromatic nitrogens is 1. The van der Waals surface area contributed by atoms with Gasteiger partial charge in [0, 0.05) is 23.0 Å².